The molecule has 1 aromatic carbocycles. The third-order valence-corrected chi connectivity index (χ3v) is 2.75. The summed E-state index contributed by atoms with van der Waals surface area (Å²) in [6.45, 7) is 0. The summed E-state index contributed by atoms with van der Waals surface area (Å²) in [4.78, 5) is 0. The van der Waals surface area contributed by atoms with Crippen molar-refractivity contribution < 1.29 is 0 Å². The van der Waals surface area contributed by atoms with Crippen LogP contribution in [0.25, 0.3) is 0 Å². The average Bonchev–Trinajstić information content (AvgIpc) is 2.68. The van der Waals surface area contributed by atoms with Crippen LogP contribution < -0.4 is 5.73 Å². The Morgan fingerprint density at radius 2 is 2.06 bits per heavy atom. The summed E-state index contributed by atoms with van der Waals surface area (Å²) in [5, 5.41) is 8.41. The maximum absolute atomic E-state index is 6.08. The molecule has 84 valence electrons. The summed E-state index contributed by atoms with van der Waals surface area (Å²) in [7, 11) is 1.84. The summed E-state index contributed by atoms with van der Waals surface area (Å²) in [5.41, 5.74) is 8.15. The van der Waals surface area contributed by atoms with Crippen molar-refractivity contribution in [3.63, 3.8) is 0 Å². The van der Waals surface area contributed by atoms with Gasteiger partial charge in [-0.25, -0.2) is 0 Å². The van der Waals surface area contributed by atoms with Crippen LogP contribution in [0.2, 0.25) is 5.02 Å². The lowest BCUT2D eigenvalue weighted by molar-refractivity contribution is 0.607. The molecule has 2 rings (SSSR count). The summed E-state index contributed by atoms with van der Waals surface area (Å²) in [6, 6.07) is 7.59. The third-order valence-electron chi connectivity index (χ3n) is 2.50. The van der Waals surface area contributed by atoms with E-state index in [1.807, 2.05) is 31.3 Å². The fraction of sp³-hybridized carbons (Fsp3) is 0.273. The van der Waals surface area contributed by atoms with Gasteiger partial charge in [0, 0.05) is 12.1 Å². The molecule has 0 saturated heterocycles. The Bertz CT molecular complexity index is 463. The van der Waals surface area contributed by atoms with Gasteiger partial charge in [0.05, 0.1) is 17.9 Å². The molecule has 0 bridgehead atoms. The van der Waals surface area contributed by atoms with Crippen molar-refractivity contribution in [2.45, 2.75) is 12.5 Å². The number of hydrogen-bond acceptors (Lipinski definition) is 3. The molecule has 16 heavy (non-hydrogen) atoms. The van der Waals surface area contributed by atoms with Crippen LogP contribution in [0.5, 0.6) is 0 Å². The number of rotatable bonds is 3. The molecule has 1 atom stereocenters. The van der Waals surface area contributed by atoms with Crippen molar-refractivity contribution in [3.8, 4) is 0 Å². The highest BCUT2D eigenvalue weighted by Crippen LogP contribution is 2.16. The topological polar surface area (TPSA) is 56.7 Å². The lowest BCUT2D eigenvalue weighted by Gasteiger charge is -2.11. The van der Waals surface area contributed by atoms with Gasteiger partial charge in [-0.05, 0) is 24.1 Å². The van der Waals surface area contributed by atoms with Gasteiger partial charge >= 0.3 is 0 Å². The minimum Gasteiger partial charge on any atom is -0.322 e. The van der Waals surface area contributed by atoms with Crippen LogP contribution in [-0.4, -0.2) is 15.0 Å². The second-order valence-corrected chi connectivity index (χ2v) is 4.16. The standard InChI is InChI=1S/C11H13ClN4/c1-16-11(7-14-15-16)10(13)6-8-2-4-9(12)5-3-8/h2-5,7,10H,6,13H2,1H3. The molecule has 5 heteroatoms. The lowest BCUT2D eigenvalue weighted by Crippen LogP contribution is -2.17. The average molecular weight is 237 g/mol. The Hall–Kier alpha value is -1.39. The second kappa shape index (κ2) is 4.63. The molecule has 0 aliphatic carbocycles. The van der Waals surface area contributed by atoms with Crippen LogP contribution in [0.3, 0.4) is 0 Å². The van der Waals surface area contributed by atoms with E-state index >= 15 is 0 Å². The van der Waals surface area contributed by atoms with Gasteiger partial charge in [-0.15, -0.1) is 5.10 Å². The molecule has 2 aromatic rings. The molecular formula is C11H13ClN4. The van der Waals surface area contributed by atoms with E-state index in [1.54, 1.807) is 10.9 Å². The van der Waals surface area contributed by atoms with Crippen LogP contribution in [0.1, 0.15) is 17.3 Å². The van der Waals surface area contributed by atoms with Gasteiger partial charge in [-0.2, -0.15) is 0 Å². The van der Waals surface area contributed by atoms with E-state index in [1.165, 1.54) is 0 Å². The fourth-order valence-electron chi connectivity index (χ4n) is 1.61. The van der Waals surface area contributed by atoms with Crippen molar-refractivity contribution in [3.05, 3.63) is 46.7 Å². The van der Waals surface area contributed by atoms with Gasteiger partial charge in [0.15, 0.2) is 0 Å². The predicted molar refractivity (Wildman–Crippen MR) is 63.1 cm³/mol. The molecule has 1 aromatic heterocycles. The normalized spacial score (nSPS) is 12.7. The first-order valence-corrected chi connectivity index (χ1v) is 5.39. The minimum atomic E-state index is -0.0961. The van der Waals surface area contributed by atoms with Crippen LogP contribution in [0, 0.1) is 0 Å². The van der Waals surface area contributed by atoms with Gasteiger partial charge < -0.3 is 5.73 Å². The monoisotopic (exact) mass is 236 g/mol. The largest absolute Gasteiger partial charge is 0.322 e. The summed E-state index contributed by atoms with van der Waals surface area (Å²) in [5.74, 6) is 0. The van der Waals surface area contributed by atoms with Crippen LogP contribution in [-0.2, 0) is 13.5 Å². The number of aryl methyl sites for hydroxylation is 1. The Kier molecular flexibility index (Phi) is 3.22. The highest BCUT2D eigenvalue weighted by atomic mass is 35.5. The Morgan fingerprint density at radius 3 is 2.62 bits per heavy atom. The van der Waals surface area contributed by atoms with Gasteiger partial charge in [0.25, 0.3) is 0 Å². The van der Waals surface area contributed by atoms with Crippen molar-refractivity contribution in [1.82, 2.24) is 15.0 Å². The van der Waals surface area contributed by atoms with Gasteiger partial charge in [0.2, 0.25) is 0 Å². The highest BCUT2D eigenvalue weighted by molar-refractivity contribution is 6.30. The van der Waals surface area contributed by atoms with E-state index in [2.05, 4.69) is 10.3 Å². The fourth-order valence-corrected chi connectivity index (χ4v) is 1.74. The van der Waals surface area contributed by atoms with E-state index in [9.17, 15) is 0 Å². The summed E-state index contributed by atoms with van der Waals surface area (Å²) < 4.78 is 1.70. The first-order chi connectivity index (χ1) is 7.66. The maximum Gasteiger partial charge on any atom is 0.0754 e. The van der Waals surface area contributed by atoms with Crippen molar-refractivity contribution in [2.75, 3.05) is 0 Å². The summed E-state index contributed by atoms with van der Waals surface area (Å²) >= 11 is 5.82. The number of halogens is 1. The smallest absolute Gasteiger partial charge is 0.0754 e. The maximum atomic E-state index is 6.08. The number of hydrogen-bond donors (Lipinski definition) is 1. The van der Waals surface area contributed by atoms with E-state index in [0.29, 0.717) is 0 Å². The first-order valence-electron chi connectivity index (χ1n) is 5.01. The highest BCUT2D eigenvalue weighted by Gasteiger charge is 2.11. The van der Waals surface area contributed by atoms with E-state index in [-0.39, 0.29) is 6.04 Å². The van der Waals surface area contributed by atoms with E-state index < -0.39 is 0 Å². The molecule has 0 spiro atoms. The molecule has 0 fully saturated rings. The SMILES string of the molecule is Cn1nncc1C(N)Cc1ccc(Cl)cc1. The minimum absolute atomic E-state index is 0.0961. The van der Waals surface area contributed by atoms with Gasteiger partial charge in [-0.3, -0.25) is 4.68 Å². The Morgan fingerprint density at radius 1 is 1.38 bits per heavy atom. The molecule has 0 amide bonds. The van der Waals surface area contributed by atoms with Crippen LogP contribution >= 0.6 is 11.6 Å². The molecule has 2 N–H and O–H groups in total. The zero-order valence-electron chi connectivity index (χ0n) is 8.97. The first kappa shape index (κ1) is 11.1. The van der Waals surface area contributed by atoms with Crippen LogP contribution in [0.15, 0.2) is 30.5 Å². The molecule has 0 saturated carbocycles. The molecule has 0 aliphatic rings. The summed E-state index contributed by atoms with van der Waals surface area (Å²) in [6.07, 6.45) is 2.44. The van der Waals surface area contributed by atoms with Crippen molar-refractivity contribution in [1.29, 1.82) is 0 Å². The molecule has 0 radical (unpaired) electrons. The Labute approximate surface area is 99.0 Å². The molecule has 0 aliphatic heterocycles. The quantitative estimate of drug-likeness (QED) is 0.883. The number of nitrogens with two attached hydrogens (primary N) is 1. The van der Waals surface area contributed by atoms with Crippen LogP contribution in [0.4, 0.5) is 0 Å². The number of benzene rings is 1. The van der Waals surface area contributed by atoms with Gasteiger partial charge in [-0.1, -0.05) is 28.9 Å². The van der Waals surface area contributed by atoms with Gasteiger partial charge in [0.1, 0.15) is 0 Å². The van der Waals surface area contributed by atoms with E-state index in [4.69, 9.17) is 17.3 Å². The zero-order valence-corrected chi connectivity index (χ0v) is 9.72. The molecule has 4 nitrogen and oxygen atoms in total. The molecule has 1 unspecified atom stereocenters. The molecule has 1 heterocycles. The van der Waals surface area contributed by atoms with E-state index in [0.717, 1.165) is 22.7 Å². The second-order valence-electron chi connectivity index (χ2n) is 3.72. The predicted octanol–water partition coefficient (Wildman–Crippen LogP) is 1.71. The number of nitrogens with zero attached hydrogens (tertiary/aromatic N) is 3. The molecular weight excluding hydrogens is 224 g/mol. The Balaban J connectivity index is 2.10. The zero-order chi connectivity index (χ0) is 11.5. The third kappa shape index (κ3) is 2.40. The lowest BCUT2D eigenvalue weighted by atomic mass is 10.0. The number of aromatic nitrogens is 3. The van der Waals surface area contributed by atoms with Crippen molar-refractivity contribution >= 4 is 11.6 Å². The van der Waals surface area contributed by atoms with Crippen molar-refractivity contribution in [2.24, 2.45) is 12.8 Å².